The molecule has 6 heteroatoms. The van der Waals surface area contributed by atoms with Gasteiger partial charge in [0.2, 0.25) is 0 Å². The van der Waals surface area contributed by atoms with Crippen molar-refractivity contribution in [2.45, 2.75) is 33.4 Å². The summed E-state index contributed by atoms with van der Waals surface area (Å²) in [6, 6.07) is 13.4. The molecule has 0 aliphatic heterocycles. The number of rotatable bonds is 5. The van der Waals surface area contributed by atoms with Crippen LogP contribution in [-0.2, 0) is 6.54 Å². The number of aliphatic hydroxyl groups is 1. The van der Waals surface area contributed by atoms with Gasteiger partial charge in [-0.3, -0.25) is 4.79 Å². The van der Waals surface area contributed by atoms with Crippen molar-refractivity contribution < 1.29 is 9.84 Å². The number of benzene rings is 2. The fourth-order valence-electron chi connectivity index (χ4n) is 3.72. The third-order valence-electron chi connectivity index (χ3n) is 5.58. The SMILES string of the molecule is COc1cccc(-c2cc3c(=O)n(C[C@@H](O)c4cc(C)c(C)cc4C)ccn3n2)c1. The van der Waals surface area contributed by atoms with E-state index in [1.54, 1.807) is 30.1 Å². The van der Waals surface area contributed by atoms with Crippen molar-refractivity contribution >= 4 is 5.52 Å². The highest BCUT2D eigenvalue weighted by Crippen LogP contribution is 2.24. The Balaban J connectivity index is 1.68. The summed E-state index contributed by atoms with van der Waals surface area (Å²) in [7, 11) is 1.62. The highest BCUT2D eigenvalue weighted by atomic mass is 16.5. The largest absolute Gasteiger partial charge is 0.497 e. The maximum Gasteiger partial charge on any atom is 0.276 e. The van der Waals surface area contributed by atoms with Crippen molar-refractivity contribution in [1.29, 1.82) is 0 Å². The molecule has 0 spiro atoms. The summed E-state index contributed by atoms with van der Waals surface area (Å²) < 4.78 is 8.38. The second kappa shape index (κ2) is 7.80. The van der Waals surface area contributed by atoms with E-state index in [1.807, 2.05) is 44.2 Å². The average molecular weight is 403 g/mol. The summed E-state index contributed by atoms with van der Waals surface area (Å²) >= 11 is 0. The predicted molar refractivity (Wildman–Crippen MR) is 117 cm³/mol. The molecule has 30 heavy (non-hydrogen) atoms. The van der Waals surface area contributed by atoms with Crippen LogP contribution in [0, 0.1) is 20.8 Å². The lowest BCUT2D eigenvalue weighted by Gasteiger charge is -2.17. The predicted octanol–water partition coefficient (Wildman–Crippen LogP) is 3.83. The minimum absolute atomic E-state index is 0.179. The fourth-order valence-corrected chi connectivity index (χ4v) is 3.72. The molecule has 0 radical (unpaired) electrons. The van der Waals surface area contributed by atoms with Crippen LogP contribution < -0.4 is 10.3 Å². The number of fused-ring (bicyclic) bond motifs is 1. The first-order valence-corrected chi connectivity index (χ1v) is 9.86. The van der Waals surface area contributed by atoms with Gasteiger partial charge in [-0.05, 0) is 61.2 Å². The van der Waals surface area contributed by atoms with Crippen LogP contribution in [0.5, 0.6) is 5.75 Å². The molecule has 0 saturated heterocycles. The number of aliphatic hydroxyl groups excluding tert-OH is 1. The second-order valence-electron chi connectivity index (χ2n) is 7.66. The Morgan fingerprint density at radius 1 is 1.03 bits per heavy atom. The molecular weight excluding hydrogens is 378 g/mol. The Morgan fingerprint density at radius 2 is 1.80 bits per heavy atom. The van der Waals surface area contributed by atoms with Crippen LogP contribution in [0.25, 0.3) is 16.8 Å². The monoisotopic (exact) mass is 403 g/mol. The molecule has 0 bridgehead atoms. The van der Waals surface area contributed by atoms with E-state index >= 15 is 0 Å². The molecule has 2 aromatic heterocycles. The number of hydrogen-bond donors (Lipinski definition) is 1. The van der Waals surface area contributed by atoms with Crippen LogP contribution in [0.15, 0.2) is 59.7 Å². The summed E-state index contributed by atoms with van der Waals surface area (Å²) in [5, 5.41) is 15.3. The standard InChI is InChI=1S/C24H25N3O3/c1-15-10-17(3)20(11-16(15)2)23(28)14-26-8-9-27-22(24(26)29)13-21(25-27)18-6-5-7-19(12-18)30-4/h5-13,23,28H,14H2,1-4H3/t23-/m1/s1. The topological polar surface area (TPSA) is 68.8 Å². The molecule has 6 nitrogen and oxygen atoms in total. The molecule has 4 rings (SSSR count). The summed E-state index contributed by atoms with van der Waals surface area (Å²) in [5.74, 6) is 0.730. The van der Waals surface area contributed by atoms with Crippen molar-refractivity contribution in [3.63, 3.8) is 0 Å². The smallest absolute Gasteiger partial charge is 0.276 e. The van der Waals surface area contributed by atoms with E-state index in [0.29, 0.717) is 11.2 Å². The minimum atomic E-state index is -0.773. The van der Waals surface area contributed by atoms with Crippen molar-refractivity contribution in [3.05, 3.63) is 87.5 Å². The Morgan fingerprint density at radius 3 is 2.57 bits per heavy atom. The summed E-state index contributed by atoms with van der Waals surface area (Å²) in [6.45, 7) is 6.23. The van der Waals surface area contributed by atoms with Crippen LogP contribution in [-0.4, -0.2) is 26.4 Å². The minimum Gasteiger partial charge on any atom is -0.497 e. The number of aromatic nitrogens is 3. The molecule has 0 aliphatic rings. The van der Waals surface area contributed by atoms with Gasteiger partial charge in [0.1, 0.15) is 11.3 Å². The Hall–Kier alpha value is -3.38. The molecule has 1 atom stereocenters. The zero-order chi connectivity index (χ0) is 21.4. The van der Waals surface area contributed by atoms with E-state index < -0.39 is 6.10 Å². The zero-order valence-electron chi connectivity index (χ0n) is 17.6. The summed E-state index contributed by atoms with van der Waals surface area (Å²) in [6.07, 6.45) is 2.63. The lowest BCUT2D eigenvalue weighted by Crippen LogP contribution is -2.24. The van der Waals surface area contributed by atoms with Crippen LogP contribution in [0.1, 0.15) is 28.4 Å². The third kappa shape index (κ3) is 3.62. The summed E-state index contributed by atoms with van der Waals surface area (Å²) in [4.78, 5) is 13.0. The molecule has 0 saturated carbocycles. The zero-order valence-corrected chi connectivity index (χ0v) is 17.6. The lowest BCUT2D eigenvalue weighted by molar-refractivity contribution is 0.154. The van der Waals surface area contributed by atoms with E-state index in [4.69, 9.17) is 4.74 Å². The molecule has 0 unspecified atom stereocenters. The van der Waals surface area contributed by atoms with E-state index in [2.05, 4.69) is 18.1 Å². The molecule has 1 N–H and O–H groups in total. The van der Waals surface area contributed by atoms with Crippen molar-refractivity contribution in [1.82, 2.24) is 14.2 Å². The molecule has 4 aromatic rings. The van der Waals surface area contributed by atoms with Crippen LogP contribution in [0.4, 0.5) is 0 Å². The van der Waals surface area contributed by atoms with E-state index in [9.17, 15) is 9.90 Å². The summed E-state index contributed by atoms with van der Waals surface area (Å²) in [5.41, 5.74) is 5.99. The van der Waals surface area contributed by atoms with Crippen molar-refractivity contribution in [2.75, 3.05) is 7.11 Å². The van der Waals surface area contributed by atoms with Crippen LogP contribution in [0.3, 0.4) is 0 Å². The molecule has 0 amide bonds. The van der Waals surface area contributed by atoms with Gasteiger partial charge in [-0.25, -0.2) is 4.52 Å². The molecule has 0 aliphatic carbocycles. The maximum absolute atomic E-state index is 13.0. The van der Waals surface area contributed by atoms with Gasteiger partial charge in [-0.15, -0.1) is 0 Å². The van der Waals surface area contributed by atoms with Crippen LogP contribution >= 0.6 is 0 Å². The molecular formula is C24H25N3O3. The number of hydrogen-bond acceptors (Lipinski definition) is 4. The van der Waals surface area contributed by atoms with E-state index in [1.165, 1.54) is 10.1 Å². The van der Waals surface area contributed by atoms with Gasteiger partial charge in [0.05, 0.1) is 25.5 Å². The van der Waals surface area contributed by atoms with Gasteiger partial charge in [0, 0.05) is 18.0 Å². The first-order valence-electron chi connectivity index (χ1n) is 9.86. The van der Waals surface area contributed by atoms with Gasteiger partial charge in [-0.2, -0.15) is 5.10 Å². The van der Waals surface area contributed by atoms with Gasteiger partial charge in [0.25, 0.3) is 5.56 Å². The number of nitrogens with zero attached hydrogens (tertiary/aromatic N) is 3. The lowest BCUT2D eigenvalue weighted by atomic mass is 9.97. The number of ether oxygens (including phenoxy) is 1. The quantitative estimate of drug-likeness (QED) is 0.550. The number of methoxy groups -OCH3 is 1. The third-order valence-corrected chi connectivity index (χ3v) is 5.58. The van der Waals surface area contributed by atoms with E-state index in [0.717, 1.165) is 28.0 Å². The van der Waals surface area contributed by atoms with E-state index in [-0.39, 0.29) is 12.1 Å². The van der Waals surface area contributed by atoms with Gasteiger partial charge < -0.3 is 14.4 Å². The van der Waals surface area contributed by atoms with Crippen LogP contribution in [0.2, 0.25) is 0 Å². The fraction of sp³-hybridized carbons (Fsp3) is 0.250. The first-order chi connectivity index (χ1) is 14.4. The normalized spacial score (nSPS) is 12.3. The van der Waals surface area contributed by atoms with Crippen molar-refractivity contribution in [2.24, 2.45) is 0 Å². The molecule has 2 aromatic carbocycles. The molecule has 154 valence electrons. The Bertz CT molecular complexity index is 1290. The number of aryl methyl sites for hydroxylation is 3. The molecule has 2 heterocycles. The van der Waals surface area contributed by atoms with Crippen molar-refractivity contribution in [3.8, 4) is 17.0 Å². The second-order valence-corrected chi connectivity index (χ2v) is 7.66. The van der Waals surface area contributed by atoms with Gasteiger partial charge in [-0.1, -0.05) is 24.3 Å². The molecule has 0 fully saturated rings. The Kier molecular flexibility index (Phi) is 5.18. The highest BCUT2D eigenvalue weighted by molar-refractivity contribution is 5.66. The Labute approximate surface area is 175 Å². The first kappa shape index (κ1) is 19.9. The average Bonchev–Trinajstić information content (AvgIpc) is 3.18. The van der Waals surface area contributed by atoms with Gasteiger partial charge >= 0.3 is 0 Å². The highest BCUT2D eigenvalue weighted by Gasteiger charge is 2.15. The van der Waals surface area contributed by atoms with Gasteiger partial charge in [0.15, 0.2) is 0 Å². The maximum atomic E-state index is 13.0.